The number of hydrogen-bond donors (Lipinski definition) is 1. The molecule has 0 aliphatic carbocycles. The third-order valence-corrected chi connectivity index (χ3v) is 4.39. The van der Waals surface area contributed by atoms with Crippen LogP contribution in [-0.4, -0.2) is 11.3 Å². The van der Waals surface area contributed by atoms with Crippen LogP contribution >= 0.6 is 0 Å². The second-order valence-electron chi connectivity index (χ2n) is 6.02. The number of carbonyl (C=O) groups is 1. The van der Waals surface area contributed by atoms with Gasteiger partial charge in [-0.3, -0.25) is 4.79 Å². The zero-order valence-electron chi connectivity index (χ0n) is 13.4. The second-order valence-corrected chi connectivity index (χ2v) is 6.02. The fourth-order valence-electron chi connectivity index (χ4n) is 3.14. The molecule has 0 spiro atoms. The molecule has 0 amide bonds. The van der Waals surface area contributed by atoms with Crippen molar-refractivity contribution in [1.82, 2.24) is 4.98 Å². The highest BCUT2D eigenvalue weighted by atomic mass is 16.1. The number of fused-ring (bicyclic) bond motifs is 1. The van der Waals surface area contributed by atoms with Gasteiger partial charge in [-0.25, -0.2) is 0 Å². The molecule has 0 bridgehead atoms. The van der Waals surface area contributed by atoms with E-state index >= 15 is 0 Å². The summed E-state index contributed by atoms with van der Waals surface area (Å²) in [5, 5.41) is 0.979. The van der Waals surface area contributed by atoms with E-state index in [1.165, 1.54) is 11.1 Å². The van der Waals surface area contributed by atoms with E-state index in [0.717, 1.165) is 39.6 Å². The largest absolute Gasteiger partial charge is 0.354 e. The molecule has 1 aromatic heterocycles. The Morgan fingerprint density at radius 3 is 2.17 bits per heavy atom. The van der Waals surface area contributed by atoms with Gasteiger partial charge in [-0.15, -0.1) is 0 Å². The molecular formula is C22H17NO. The molecule has 1 heterocycles. The molecule has 24 heavy (non-hydrogen) atoms. The van der Waals surface area contributed by atoms with Crippen molar-refractivity contribution in [2.45, 2.75) is 6.92 Å². The first-order valence-electron chi connectivity index (χ1n) is 7.99. The average Bonchev–Trinajstić information content (AvgIpc) is 3.00. The first-order chi connectivity index (χ1) is 11.8. The summed E-state index contributed by atoms with van der Waals surface area (Å²) in [4.78, 5) is 15.0. The zero-order chi connectivity index (χ0) is 16.5. The van der Waals surface area contributed by atoms with E-state index in [9.17, 15) is 4.79 Å². The summed E-state index contributed by atoms with van der Waals surface area (Å²) in [6, 6.07) is 24.7. The molecule has 0 aliphatic heterocycles. The van der Waals surface area contributed by atoms with Gasteiger partial charge in [0, 0.05) is 16.5 Å². The number of hydrogen-bond acceptors (Lipinski definition) is 1. The zero-order valence-corrected chi connectivity index (χ0v) is 13.4. The monoisotopic (exact) mass is 311 g/mol. The van der Waals surface area contributed by atoms with Crippen molar-refractivity contribution < 1.29 is 4.79 Å². The average molecular weight is 311 g/mol. The highest BCUT2D eigenvalue weighted by Crippen LogP contribution is 2.31. The molecular weight excluding hydrogens is 294 g/mol. The van der Waals surface area contributed by atoms with Crippen LogP contribution in [-0.2, 0) is 0 Å². The molecule has 0 atom stereocenters. The van der Waals surface area contributed by atoms with Crippen molar-refractivity contribution in [3.63, 3.8) is 0 Å². The van der Waals surface area contributed by atoms with E-state index < -0.39 is 0 Å². The lowest BCUT2D eigenvalue weighted by Crippen LogP contribution is -1.85. The number of H-pyrrole nitrogens is 1. The van der Waals surface area contributed by atoms with Gasteiger partial charge in [0.1, 0.15) is 0 Å². The van der Waals surface area contributed by atoms with Crippen molar-refractivity contribution in [1.29, 1.82) is 0 Å². The van der Waals surface area contributed by atoms with Crippen LogP contribution in [0.25, 0.3) is 33.3 Å². The summed E-state index contributed by atoms with van der Waals surface area (Å²) in [5.41, 5.74) is 7.11. The minimum Gasteiger partial charge on any atom is -0.354 e. The van der Waals surface area contributed by atoms with E-state index in [-0.39, 0.29) is 0 Å². The number of nitrogens with one attached hydrogen (secondary N) is 1. The van der Waals surface area contributed by atoms with Crippen LogP contribution in [0.5, 0.6) is 0 Å². The summed E-state index contributed by atoms with van der Waals surface area (Å²) in [6.45, 7) is 2.04. The molecule has 0 saturated heterocycles. The van der Waals surface area contributed by atoms with Gasteiger partial charge in [-0.05, 0) is 35.7 Å². The van der Waals surface area contributed by atoms with E-state index in [1.807, 2.05) is 31.2 Å². The number of rotatable bonds is 3. The maximum Gasteiger partial charge on any atom is 0.152 e. The van der Waals surface area contributed by atoms with Crippen molar-refractivity contribution in [2.24, 2.45) is 0 Å². The fraction of sp³-hybridized carbons (Fsp3) is 0.0455. The predicted molar refractivity (Wildman–Crippen MR) is 99.3 cm³/mol. The van der Waals surface area contributed by atoms with Gasteiger partial charge in [-0.1, -0.05) is 66.2 Å². The Balaban J connectivity index is 1.82. The van der Waals surface area contributed by atoms with Gasteiger partial charge < -0.3 is 4.98 Å². The molecule has 2 heteroatoms. The second kappa shape index (κ2) is 5.82. The Bertz CT molecular complexity index is 1010. The van der Waals surface area contributed by atoms with Crippen molar-refractivity contribution in [3.05, 3.63) is 83.9 Å². The van der Waals surface area contributed by atoms with E-state index in [1.54, 1.807) is 0 Å². The Kier molecular flexibility index (Phi) is 3.51. The molecule has 4 aromatic rings. The van der Waals surface area contributed by atoms with Gasteiger partial charge >= 0.3 is 0 Å². The summed E-state index contributed by atoms with van der Waals surface area (Å²) >= 11 is 0. The number of aromatic nitrogens is 1. The highest BCUT2D eigenvalue weighted by Gasteiger charge is 2.12. The molecule has 4 rings (SSSR count). The van der Waals surface area contributed by atoms with Crippen molar-refractivity contribution in [2.75, 3.05) is 0 Å². The SMILES string of the molecule is Cc1ccc2[nH]c(-c3ccc(-c4ccccc4)cc3)c(C=O)c2c1. The predicted octanol–water partition coefficient (Wildman–Crippen LogP) is 5.62. The smallest absolute Gasteiger partial charge is 0.152 e. The van der Waals surface area contributed by atoms with Gasteiger partial charge in [0.2, 0.25) is 0 Å². The molecule has 0 saturated carbocycles. The summed E-state index contributed by atoms with van der Waals surface area (Å²) in [5.74, 6) is 0. The van der Waals surface area contributed by atoms with E-state index in [4.69, 9.17) is 0 Å². The molecule has 116 valence electrons. The van der Waals surface area contributed by atoms with Gasteiger partial charge in [0.25, 0.3) is 0 Å². The van der Waals surface area contributed by atoms with Crippen LogP contribution in [0.3, 0.4) is 0 Å². The summed E-state index contributed by atoms with van der Waals surface area (Å²) in [6.07, 6.45) is 0.943. The fourth-order valence-corrected chi connectivity index (χ4v) is 3.14. The first kappa shape index (κ1) is 14.5. The molecule has 2 nitrogen and oxygen atoms in total. The lowest BCUT2D eigenvalue weighted by atomic mass is 10.0. The topological polar surface area (TPSA) is 32.9 Å². The number of aryl methyl sites for hydroxylation is 1. The molecule has 0 radical (unpaired) electrons. The highest BCUT2D eigenvalue weighted by molar-refractivity contribution is 6.04. The molecule has 0 unspecified atom stereocenters. The minimum absolute atomic E-state index is 0.723. The molecule has 3 aromatic carbocycles. The minimum atomic E-state index is 0.723. The van der Waals surface area contributed by atoms with Crippen LogP contribution in [0, 0.1) is 6.92 Å². The Morgan fingerprint density at radius 1 is 0.792 bits per heavy atom. The van der Waals surface area contributed by atoms with Crippen molar-refractivity contribution in [3.8, 4) is 22.4 Å². The molecule has 0 fully saturated rings. The Morgan fingerprint density at radius 2 is 1.46 bits per heavy atom. The van der Waals surface area contributed by atoms with Gasteiger partial charge in [0.05, 0.1) is 5.69 Å². The first-order valence-corrected chi connectivity index (χ1v) is 7.99. The van der Waals surface area contributed by atoms with Gasteiger partial charge in [-0.2, -0.15) is 0 Å². The van der Waals surface area contributed by atoms with Crippen LogP contribution in [0.2, 0.25) is 0 Å². The maximum atomic E-state index is 11.7. The maximum absolute atomic E-state index is 11.7. The summed E-state index contributed by atoms with van der Waals surface area (Å²) < 4.78 is 0. The normalized spacial score (nSPS) is 10.9. The summed E-state index contributed by atoms with van der Waals surface area (Å²) in [7, 11) is 0. The number of benzene rings is 3. The molecule has 0 aliphatic rings. The van der Waals surface area contributed by atoms with Crippen molar-refractivity contribution >= 4 is 17.2 Å². The van der Waals surface area contributed by atoms with Crippen LogP contribution in [0.15, 0.2) is 72.8 Å². The quantitative estimate of drug-likeness (QED) is 0.489. The third kappa shape index (κ3) is 2.42. The van der Waals surface area contributed by atoms with Gasteiger partial charge in [0.15, 0.2) is 6.29 Å². The number of carbonyl (C=O) groups excluding carboxylic acids is 1. The lowest BCUT2D eigenvalue weighted by Gasteiger charge is -2.04. The third-order valence-electron chi connectivity index (χ3n) is 4.39. The van der Waals surface area contributed by atoms with Crippen LogP contribution in [0.4, 0.5) is 0 Å². The number of aromatic amines is 1. The molecule has 1 N–H and O–H groups in total. The number of aldehydes is 1. The van der Waals surface area contributed by atoms with Crippen LogP contribution in [0.1, 0.15) is 15.9 Å². The standard InChI is InChI=1S/C22H17NO/c1-15-7-12-21-19(13-15)20(14-24)22(23-21)18-10-8-17(9-11-18)16-5-3-2-4-6-16/h2-14,23H,1H3. The van der Waals surface area contributed by atoms with E-state index in [0.29, 0.717) is 0 Å². The van der Waals surface area contributed by atoms with Crippen LogP contribution < -0.4 is 0 Å². The van der Waals surface area contributed by atoms with E-state index in [2.05, 4.69) is 53.5 Å². The lowest BCUT2D eigenvalue weighted by molar-refractivity contribution is 0.112. The Labute approximate surface area is 140 Å². The Hall–Kier alpha value is -3.13.